The number of aromatic amines is 1. The fourth-order valence-electron chi connectivity index (χ4n) is 1.91. The molecule has 1 aromatic heterocycles. The molecule has 0 bridgehead atoms. The third kappa shape index (κ3) is 5.07. The number of nitrogens with one attached hydrogen (secondary N) is 1. The number of ether oxygens (including phenoxy) is 1. The predicted molar refractivity (Wildman–Crippen MR) is 66.5 cm³/mol. The maximum absolute atomic E-state index is 13.2. The topological polar surface area (TPSA) is 177 Å². The first kappa shape index (κ1) is 21.2. The van der Waals surface area contributed by atoms with Crippen molar-refractivity contribution in [1.29, 1.82) is 0 Å². The first-order chi connectivity index (χ1) is 10.1. The second kappa shape index (κ2) is 8.03. The summed E-state index contributed by atoms with van der Waals surface area (Å²) in [6, 6.07) is 0. The van der Waals surface area contributed by atoms with Gasteiger partial charge in [0.1, 0.15) is 18.3 Å². The maximum atomic E-state index is 13.2. The summed E-state index contributed by atoms with van der Waals surface area (Å²) in [4.78, 5) is 44.8. The predicted octanol–water partition coefficient (Wildman–Crippen LogP) is -4.24. The molecule has 0 unspecified atom stereocenters. The number of hydrogen-bond acceptors (Lipinski definition) is 9. The van der Waals surface area contributed by atoms with Crippen LogP contribution in [0.4, 0.5) is 4.39 Å². The number of phosphoric acid groups is 1. The standard InChI is InChI=1S/C9H12FN2O9P.Ba/c10-3-1-12(9(16)11-7(3)15)8-6(14)5(13)4(21-8)2-20-22(17,18)19;/h1,4-6,8,13-14H,2H2,(H,11,15,16)(H2,17,18,19);/q;+2/p-2/t4-,5-,6-,8-;/m1./s1. The van der Waals surface area contributed by atoms with Gasteiger partial charge in [0.25, 0.3) is 5.56 Å². The molecular weight excluding hydrogens is 467 g/mol. The summed E-state index contributed by atoms with van der Waals surface area (Å²) in [5.74, 6) is -1.34. The van der Waals surface area contributed by atoms with Crippen molar-refractivity contribution in [3.05, 3.63) is 32.9 Å². The molecule has 0 spiro atoms. The molecule has 1 fully saturated rings. The molecule has 0 radical (unpaired) electrons. The normalized spacial score (nSPS) is 27.7. The summed E-state index contributed by atoms with van der Waals surface area (Å²) in [5.41, 5.74) is -2.41. The Bertz CT molecular complexity index is 718. The van der Waals surface area contributed by atoms with Gasteiger partial charge in [0, 0.05) is 0 Å². The average molecular weight is 477 g/mol. The third-order valence-corrected chi connectivity index (χ3v) is 3.40. The summed E-state index contributed by atoms with van der Waals surface area (Å²) in [6.45, 7) is -0.903. The molecule has 0 aromatic carbocycles. The van der Waals surface area contributed by atoms with Gasteiger partial charge in [-0.25, -0.2) is 4.79 Å². The van der Waals surface area contributed by atoms with Crippen LogP contribution in [0.15, 0.2) is 15.8 Å². The Morgan fingerprint density at radius 1 is 1.39 bits per heavy atom. The fourth-order valence-corrected chi connectivity index (χ4v) is 2.24. The minimum Gasteiger partial charge on any atom is -0.790 e. The molecule has 14 heteroatoms. The van der Waals surface area contributed by atoms with Crippen molar-refractivity contribution < 1.29 is 38.2 Å². The van der Waals surface area contributed by atoms with Crippen LogP contribution in [-0.2, 0) is 13.8 Å². The first-order valence-electron chi connectivity index (χ1n) is 5.79. The van der Waals surface area contributed by atoms with E-state index in [1.165, 1.54) is 0 Å². The van der Waals surface area contributed by atoms with Crippen molar-refractivity contribution in [2.45, 2.75) is 24.5 Å². The molecule has 1 saturated heterocycles. The van der Waals surface area contributed by atoms with E-state index < -0.39 is 56.0 Å². The van der Waals surface area contributed by atoms with E-state index in [0.717, 1.165) is 0 Å². The summed E-state index contributed by atoms with van der Waals surface area (Å²) < 4.78 is 32.9. The molecule has 0 amide bonds. The van der Waals surface area contributed by atoms with Crippen LogP contribution < -0.4 is 21.0 Å². The van der Waals surface area contributed by atoms with Gasteiger partial charge in [-0.2, -0.15) is 4.39 Å². The first-order valence-corrected chi connectivity index (χ1v) is 7.25. The van der Waals surface area contributed by atoms with Crippen molar-refractivity contribution in [2.75, 3.05) is 6.61 Å². The number of nitrogens with zero attached hydrogens (tertiary/aromatic N) is 1. The zero-order valence-electron chi connectivity index (χ0n) is 11.3. The monoisotopic (exact) mass is 478 g/mol. The molecular formula is C9H10BaFN2O9P. The van der Waals surface area contributed by atoms with Crippen LogP contribution in [0.25, 0.3) is 0 Å². The summed E-state index contributed by atoms with van der Waals surface area (Å²) in [6.07, 6.45) is -6.08. The number of H-pyrrole nitrogens is 1. The van der Waals surface area contributed by atoms with Crippen molar-refractivity contribution in [3.63, 3.8) is 0 Å². The molecule has 4 atom stereocenters. The Morgan fingerprint density at radius 2 is 2.00 bits per heavy atom. The number of aliphatic hydroxyl groups excluding tert-OH is 2. The minimum atomic E-state index is -5.33. The van der Waals surface area contributed by atoms with Crippen LogP contribution in [0, 0.1) is 5.82 Å². The number of halogens is 1. The van der Waals surface area contributed by atoms with Crippen LogP contribution >= 0.6 is 7.82 Å². The average Bonchev–Trinajstić information content (AvgIpc) is 2.68. The molecule has 0 saturated carbocycles. The third-order valence-electron chi connectivity index (χ3n) is 2.93. The van der Waals surface area contributed by atoms with Crippen molar-refractivity contribution in [1.82, 2.24) is 9.55 Å². The van der Waals surface area contributed by atoms with Crippen LogP contribution in [0.1, 0.15) is 6.23 Å². The Hall–Kier alpha value is 0.171. The van der Waals surface area contributed by atoms with Gasteiger partial charge in [-0.05, 0) is 0 Å². The van der Waals surface area contributed by atoms with Gasteiger partial charge in [0.05, 0.1) is 20.6 Å². The molecule has 1 aromatic rings. The minimum absolute atomic E-state index is 0. The van der Waals surface area contributed by atoms with Crippen molar-refractivity contribution in [2.24, 2.45) is 0 Å². The van der Waals surface area contributed by atoms with E-state index >= 15 is 0 Å². The van der Waals surface area contributed by atoms with Gasteiger partial charge >= 0.3 is 54.6 Å². The number of aromatic nitrogens is 2. The Labute approximate surface area is 167 Å². The second-order valence-electron chi connectivity index (χ2n) is 4.43. The van der Waals surface area contributed by atoms with Crippen LogP contribution in [-0.4, -0.2) is 93.6 Å². The van der Waals surface area contributed by atoms with Crippen molar-refractivity contribution >= 4 is 56.7 Å². The second-order valence-corrected chi connectivity index (χ2v) is 5.59. The molecule has 2 rings (SSSR count). The van der Waals surface area contributed by atoms with E-state index in [9.17, 15) is 38.5 Å². The molecule has 1 aliphatic rings. The fraction of sp³-hybridized carbons (Fsp3) is 0.556. The molecule has 1 aliphatic heterocycles. The Morgan fingerprint density at radius 3 is 2.57 bits per heavy atom. The summed E-state index contributed by atoms with van der Waals surface area (Å²) >= 11 is 0. The van der Waals surface area contributed by atoms with Gasteiger partial charge < -0.3 is 33.8 Å². The molecule has 11 nitrogen and oxygen atoms in total. The van der Waals surface area contributed by atoms with Crippen LogP contribution in [0.2, 0.25) is 0 Å². The molecule has 3 N–H and O–H groups in total. The van der Waals surface area contributed by atoms with Gasteiger partial charge in [-0.1, -0.05) is 0 Å². The van der Waals surface area contributed by atoms with E-state index in [0.29, 0.717) is 10.8 Å². The zero-order valence-corrected chi connectivity index (χ0v) is 16.7. The molecule has 2 heterocycles. The van der Waals surface area contributed by atoms with Crippen LogP contribution in [0.3, 0.4) is 0 Å². The SMILES string of the molecule is O=c1[nH]c(=O)n([C@@H]2O[C@H](COP(=O)([O-])[O-])[C@@H](O)[C@H]2O)cc1F.[Ba+2]. The zero-order chi connectivity index (χ0) is 16.7. The summed E-state index contributed by atoms with van der Waals surface area (Å²) in [5, 5.41) is 19.4. The van der Waals surface area contributed by atoms with E-state index in [1.807, 2.05) is 0 Å². The van der Waals surface area contributed by atoms with Crippen LogP contribution in [0.5, 0.6) is 0 Å². The van der Waals surface area contributed by atoms with Gasteiger partial charge in [-0.15, -0.1) is 0 Å². The van der Waals surface area contributed by atoms with Gasteiger partial charge in [0.15, 0.2) is 6.23 Å². The molecule has 0 aliphatic carbocycles. The van der Waals surface area contributed by atoms with E-state index in [2.05, 4.69) is 4.52 Å². The smallest absolute Gasteiger partial charge is 0.790 e. The Balaban J connectivity index is 0.00000264. The molecule has 124 valence electrons. The van der Waals surface area contributed by atoms with E-state index in [4.69, 9.17) is 4.74 Å². The number of phosphoric ester groups is 1. The number of rotatable bonds is 4. The van der Waals surface area contributed by atoms with E-state index in [-0.39, 0.29) is 48.9 Å². The quantitative estimate of drug-likeness (QED) is 0.286. The summed E-state index contributed by atoms with van der Waals surface area (Å²) in [7, 11) is -5.33. The van der Waals surface area contributed by atoms with Gasteiger partial charge in [-0.3, -0.25) is 14.3 Å². The molecule has 23 heavy (non-hydrogen) atoms. The number of hydrogen-bond donors (Lipinski definition) is 3. The Kier molecular flexibility index (Phi) is 7.41. The largest absolute Gasteiger partial charge is 2.00 e. The maximum Gasteiger partial charge on any atom is 2.00 e. The number of aliphatic hydroxyl groups is 2. The van der Waals surface area contributed by atoms with Gasteiger partial charge in [0.2, 0.25) is 5.82 Å². The van der Waals surface area contributed by atoms with E-state index in [1.54, 1.807) is 4.98 Å². The van der Waals surface area contributed by atoms with Crippen molar-refractivity contribution in [3.8, 4) is 0 Å².